The van der Waals surface area contributed by atoms with E-state index in [1.54, 1.807) is 31.2 Å². The van der Waals surface area contributed by atoms with E-state index in [0.717, 1.165) is 26.2 Å². The summed E-state index contributed by atoms with van der Waals surface area (Å²) >= 11 is 0. The summed E-state index contributed by atoms with van der Waals surface area (Å²) in [7, 11) is 0. The molecule has 31 heavy (non-hydrogen) atoms. The van der Waals surface area contributed by atoms with Gasteiger partial charge in [0.05, 0.1) is 24.8 Å². The molecule has 0 radical (unpaired) electrons. The number of benzene rings is 2. The lowest BCUT2D eigenvalue weighted by Gasteiger charge is -2.33. The molecule has 2 fully saturated rings. The summed E-state index contributed by atoms with van der Waals surface area (Å²) < 4.78 is 34.6. The molecule has 8 heteroatoms. The van der Waals surface area contributed by atoms with Crippen LogP contribution < -0.4 is 4.90 Å². The molecular formula is C23H24F2N4O2. The molecule has 2 aliphatic heterocycles. The number of cyclic esters (lactones) is 1. The van der Waals surface area contributed by atoms with Crippen LogP contribution in [0.1, 0.15) is 12.5 Å². The fourth-order valence-corrected chi connectivity index (χ4v) is 4.01. The van der Waals surface area contributed by atoms with E-state index in [2.05, 4.69) is 15.9 Å². The number of nitrogens with zero attached hydrogens (tertiary/aromatic N) is 4. The van der Waals surface area contributed by atoms with E-state index >= 15 is 0 Å². The topological polar surface area (TPSA) is 59.8 Å². The summed E-state index contributed by atoms with van der Waals surface area (Å²) in [6.07, 6.45) is -0.741. The molecule has 2 aromatic carbocycles. The summed E-state index contributed by atoms with van der Waals surface area (Å²) in [6.45, 7) is 6.16. The van der Waals surface area contributed by atoms with Gasteiger partial charge in [-0.3, -0.25) is 14.7 Å². The van der Waals surface area contributed by atoms with Gasteiger partial charge < -0.3 is 4.74 Å². The second-order valence-electron chi connectivity index (χ2n) is 7.99. The fraction of sp³-hybridized carbons (Fsp3) is 0.391. The van der Waals surface area contributed by atoms with Gasteiger partial charge in [0, 0.05) is 43.9 Å². The Kier molecular flexibility index (Phi) is 6.16. The van der Waals surface area contributed by atoms with Crippen LogP contribution in [0.5, 0.6) is 0 Å². The Balaban J connectivity index is 1.46. The number of anilines is 1. The van der Waals surface area contributed by atoms with Crippen molar-refractivity contribution in [2.45, 2.75) is 19.6 Å². The van der Waals surface area contributed by atoms with Crippen molar-refractivity contribution in [1.29, 1.82) is 5.26 Å². The maximum atomic E-state index is 14.8. The molecule has 1 amide bonds. The largest absolute Gasteiger partial charge is 0.444 e. The summed E-state index contributed by atoms with van der Waals surface area (Å²) in [5.41, 5.74) is 1.70. The lowest BCUT2D eigenvalue weighted by atomic mass is 10.0. The lowest BCUT2D eigenvalue weighted by molar-refractivity contribution is 0.137. The zero-order chi connectivity index (χ0) is 22.0. The smallest absolute Gasteiger partial charge is 0.414 e. The Morgan fingerprint density at radius 3 is 2.42 bits per heavy atom. The van der Waals surface area contributed by atoms with Crippen LogP contribution in [0, 0.1) is 23.0 Å². The van der Waals surface area contributed by atoms with Gasteiger partial charge in [-0.1, -0.05) is 12.1 Å². The first kappa shape index (κ1) is 21.2. The molecular weight excluding hydrogens is 402 g/mol. The summed E-state index contributed by atoms with van der Waals surface area (Å²) in [5.74, 6) is -0.900. The minimum atomic E-state index is -0.523. The van der Waals surface area contributed by atoms with E-state index in [9.17, 15) is 13.6 Å². The fourth-order valence-electron chi connectivity index (χ4n) is 4.01. The van der Waals surface area contributed by atoms with E-state index in [4.69, 9.17) is 10.00 Å². The molecule has 0 aromatic heterocycles. The second-order valence-corrected chi connectivity index (χ2v) is 7.99. The highest BCUT2D eigenvalue weighted by Crippen LogP contribution is 2.30. The molecule has 1 atom stereocenters. The van der Waals surface area contributed by atoms with Gasteiger partial charge in [-0.15, -0.1) is 0 Å². The van der Waals surface area contributed by atoms with Gasteiger partial charge >= 0.3 is 6.09 Å². The van der Waals surface area contributed by atoms with Gasteiger partial charge in [0.1, 0.15) is 17.7 Å². The van der Waals surface area contributed by atoms with Crippen molar-refractivity contribution < 1.29 is 18.3 Å². The first-order chi connectivity index (χ1) is 14.9. The van der Waals surface area contributed by atoms with E-state index in [-0.39, 0.29) is 17.5 Å². The molecule has 0 N–H and O–H groups in total. The van der Waals surface area contributed by atoms with Crippen molar-refractivity contribution in [3.63, 3.8) is 0 Å². The molecule has 0 aliphatic carbocycles. The maximum absolute atomic E-state index is 14.8. The zero-order valence-electron chi connectivity index (χ0n) is 17.4. The number of amides is 1. The molecule has 6 nitrogen and oxygen atoms in total. The number of ether oxygens (including phenoxy) is 1. The molecule has 0 unspecified atom stereocenters. The molecule has 4 rings (SSSR count). The number of carbonyl (C=O) groups excluding carboxylic acids is 1. The number of hydrogen-bond acceptors (Lipinski definition) is 5. The van der Waals surface area contributed by atoms with E-state index in [1.807, 2.05) is 0 Å². The third kappa shape index (κ3) is 4.68. The molecule has 2 aliphatic rings. The average Bonchev–Trinajstić information content (AvgIpc) is 3.09. The van der Waals surface area contributed by atoms with Crippen LogP contribution in [-0.2, 0) is 11.3 Å². The van der Waals surface area contributed by atoms with Gasteiger partial charge in [-0.25, -0.2) is 13.6 Å². The third-order valence-electron chi connectivity index (χ3n) is 5.74. The van der Waals surface area contributed by atoms with Gasteiger partial charge in [-0.05, 0) is 36.8 Å². The van der Waals surface area contributed by atoms with Gasteiger partial charge in [-0.2, -0.15) is 5.26 Å². The van der Waals surface area contributed by atoms with E-state index in [0.29, 0.717) is 36.4 Å². The number of hydrogen-bond donors (Lipinski definition) is 0. The zero-order valence-corrected chi connectivity index (χ0v) is 17.4. The maximum Gasteiger partial charge on any atom is 0.414 e. The molecule has 2 heterocycles. The van der Waals surface area contributed by atoms with E-state index in [1.165, 1.54) is 17.0 Å². The van der Waals surface area contributed by atoms with Crippen LogP contribution in [0.2, 0.25) is 0 Å². The molecule has 162 valence electrons. The molecule has 0 saturated carbocycles. The number of rotatable bonds is 5. The van der Waals surface area contributed by atoms with Crippen molar-refractivity contribution in [2.75, 3.05) is 44.2 Å². The highest BCUT2D eigenvalue weighted by atomic mass is 19.1. The van der Waals surface area contributed by atoms with Crippen LogP contribution in [0.4, 0.5) is 19.3 Å². The standard InChI is InChI=1S/C23H24F2N4O2/c1-16-14-29(23(30)31-16)19-4-5-20(22(25)13-19)17-2-3-18(21(24)12-17)15-28-10-8-27(7-6-26)9-11-28/h2-5,12-13,16H,7-11,14-15H2,1H3/t16-/m0/s1. The second kappa shape index (κ2) is 9.00. The van der Waals surface area contributed by atoms with Crippen LogP contribution in [-0.4, -0.2) is 61.3 Å². The van der Waals surface area contributed by atoms with Crippen molar-refractivity contribution in [1.82, 2.24) is 9.80 Å². The monoisotopic (exact) mass is 426 g/mol. The van der Waals surface area contributed by atoms with Crippen LogP contribution >= 0.6 is 0 Å². The molecule has 2 aromatic rings. The van der Waals surface area contributed by atoms with Crippen molar-refractivity contribution in [3.05, 3.63) is 53.6 Å². The van der Waals surface area contributed by atoms with Crippen LogP contribution in [0.25, 0.3) is 11.1 Å². The SMILES string of the molecule is C[C@H]1CN(c2ccc(-c3ccc(CN4CCN(CC#N)CC4)c(F)c3)c(F)c2)C(=O)O1. The Hall–Kier alpha value is -3.02. The average molecular weight is 426 g/mol. The number of nitriles is 1. The Labute approximate surface area is 180 Å². The van der Waals surface area contributed by atoms with Crippen molar-refractivity contribution >= 4 is 11.8 Å². The van der Waals surface area contributed by atoms with Crippen molar-refractivity contribution in [3.8, 4) is 17.2 Å². The minimum Gasteiger partial charge on any atom is -0.444 e. The molecule has 0 spiro atoms. The minimum absolute atomic E-state index is 0.244. The Bertz CT molecular complexity index is 1020. The number of carbonyl (C=O) groups is 1. The first-order valence-electron chi connectivity index (χ1n) is 10.3. The van der Waals surface area contributed by atoms with Crippen molar-refractivity contribution in [2.24, 2.45) is 0 Å². The Morgan fingerprint density at radius 1 is 1.06 bits per heavy atom. The highest BCUT2D eigenvalue weighted by Gasteiger charge is 2.29. The number of halogens is 2. The van der Waals surface area contributed by atoms with Gasteiger partial charge in [0.25, 0.3) is 0 Å². The summed E-state index contributed by atoms with van der Waals surface area (Å²) in [5, 5.41) is 8.78. The number of piperazine rings is 1. The van der Waals surface area contributed by atoms with Crippen LogP contribution in [0.3, 0.4) is 0 Å². The van der Waals surface area contributed by atoms with Gasteiger partial charge in [0.15, 0.2) is 0 Å². The predicted octanol–water partition coefficient (Wildman–Crippen LogP) is 3.62. The first-order valence-corrected chi connectivity index (χ1v) is 10.3. The normalized spacial score (nSPS) is 20.0. The third-order valence-corrected chi connectivity index (χ3v) is 5.74. The molecule has 2 saturated heterocycles. The van der Waals surface area contributed by atoms with Crippen LogP contribution in [0.15, 0.2) is 36.4 Å². The van der Waals surface area contributed by atoms with Gasteiger partial charge in [0.2, 0.25) is 0 Å². The quantitative estimate of drug-likeness (QED) is 0.684. The predicted molar refractivity (Wildman–Crippen MR) is 112 cm³/mol. The Morgan fingerprint density at radius 2 is 1.81 bits per heavy atom. The highest BCUT2D eigenvalue weighted by molar-refractivity contribution is 5.90. The lowest BCUT2D eigenvalue weighted by Crippen LogP contribution is -2.45. The molecule has 0 bridgehead atoms. The van der Waals surface area contributed by atoms with E-state index < -0.39 is 11.9 Å². The summed E-state index contributed by atoms with van der Waals surface area (Å²) in [4.78, 5) is 17.5. The summed E-state index contributed by atoms with van der Waals surface area (Å²) in [6, 6.07) is 11.4.